The Morgan fingerprint density at radius 3 is 2.29 bits per heavy atom. The van der Waals surface area contributed by atoms with Crippen LogP contribution in [0, 0.1) is 12.7 Å². The summed E-state index contributed by atoms with van der Waals surface area (Å²) >= 11 is 0. The van der Waals surface area contributed by atoms with Crippen molar-refractivity contribution in [2.75, 3.05) is 26.0 Å². The smallest absolute Gasteiger partial charge is 0.191 e. The van der Waals surface area contributed by atoms with Crippen LogP contribution in [0.4, 0.5) is 10.1 Å². The van der Waals surface area contributed by atoms with Crippen LogP contribution in [0.15, 0.2) is 47.5 Å². The Kier molecular flexibility index (Phi) is 6.18. The standard InChI is InChI=1S/C19H25FN4/c1-14-10-16(8-9-18(14)20)13-23-19(21-2)22-12-15-6-5-7-17(11-15)24(3)4/h5-11H,12-13H2,1-4H3,(H2,21,22,23). The Morgan fingerprint density at radius 2 is 1.71 bits per heavy atom. The van der Waals surface area contributed by atoms with Gasteiger partial charge < -0.3 is 15.5 Å². The van der Waals surface area contributed by atoms with Crippen LogP contribution in [0.25, 0.3) is 0 Å². The van der Waals surface area contributed by atoms with Crippen molar-refractivity contribution in [3.63, 3.8) is 0 Å². The number of aryl methyl sites for hydroxylation is 1. The van der Waals surface area contributed by atoms with Crippen molar-refractivity contribution < 1.29 is 4.39 Å². The van der Waals surface area contributed by atoms with Gasteiger partial charge in [0.1, 0.15) is 5.82 Å². The Hall–Kier alpha value is -2.56. The number of nitrogens with zero attached hydrogens (tertiary/aromatic N) is 2. The lowest BCUT2D eigenvalue weighted by Crippen LogP contribution is -2.36. The highest BCUT2D eigenvalue weighted by molar-refractivity contribution is 5.79. The van der Waals surface area contributed by atoms with Gasteiger partial charge >= 0.3 is 0 Å². The van der Waals surface area contributed by atoms with Crippen molar-refractivity contribution in [3.05, 3.63) is 65.0 Å². The fraction of sp³-hybridized carbons (Fsp3) is 0.316. The summed E-state index contributed by atoms with van der Waals surface area (Å²) in [7, 11) is 5.79. The molecule has 0 atom stereocenters. The van der Waals surface area contributed by atoms with E-state index in [1.54, 1.807) is 20.0 Å². The average Bonchev–Trinajstić information content (AvgIpc) is 2.58. The molecular formula is C19H25FN4. The van der Waals surface area contributed by atoms with Crippen LogP contribution in [0.1, 0.15) is 16.7 Å². The van der Waals surface area contributed by atoms with Crippen molar-refractivity contribution in [1.82, 2.24) is 10.6 Å². The van der Waals surface area contributed by atoms with Crippen LogP contribution in [0.3, 0.4) is 0 Å². The molecule has 0 fully saturated rings. The maximum Gasteiger partial charge on any atom is 0.191 e. The minimum absolute atomic E-state index is 0.179. The number of nitrogens with one attached hydrogen (secondary N) is 2. The zero-order chi connectivity index (χ0) is 17.5. The topological polar surface area (TPSA) is 39.7 Å². The number of rotatable bonds is 5. The molecule has 5 heteroatoms. The Balaban J connectivity index is 1.90. The molecule has 0 spiro atoms. The van der Waals surface area contributed by atoms with Crippen LogP contribution in [0.2, 0.25) is 0 Å². The van der Waals surface area contributed by atoms with Gasteiger partial charge in [0.2, 0.25) is 0 Å². The second-order valence-corrected chi connectivity index (χ2v) is 5.93. The molecule has 2 rings (SSSR count). The van der Waals surface area contributed by atoms with Gasteiger partial charge in [-0.15, -0.1) is 0 Å². The first kappa shape index (κ1) is 17.8. The summed E-state index contributed by atoms with van der Waals surface area (Å²) in [6.07, 6.45) is 0. The molecule has 0 aliphatic rings. The number of halogens is 1. The first-order valence-corrected chi connectivity index (χ1v) is 7.95. The molecule has 0 aromatic heterocycles. The lowest BCUT2D eigenvalue weighted by molar-refractivity contribution is 0.617. The van der Waals surface area contributed by atoms with Gasteiger partial charge in [-0.2, -0.15) is 0 Å². The zero-order valence-corrected chi connectivity index (χ0v) is 14.7. The molecule has 2 N–H and O–H groups in total. The Morgan fingerprint density at radius 1 is 1.04 bits per heavy atom. The molecule has 0 saturated carbocycles. The highest BCUT2D eigenvalue weighted by atomic mass is 19.1. The van der Waals surface area contributed by atoms with E-state index in [0.29, 0.717) is 24.6 Å². The number of hydrogen-bond acceptors (Lipinski definition) is 2. The lowest BCUT2D eigenvalue weighted by atomic mass is 10.1. The number of anilines is 1. The number of aliphatic imine (C=N–C) groups is 1. The second kappa shape index (κ2) is 8.34. The van der Waals surface area contributed by atoms with E-state index in [1.807, 2.05) is 26.2 Å². The van der Waals surface area contributed by atoms with Crippen molar-refractivity contribution >= 4 is 11.6 Å². The van der Waals surface area contributed by atoms with Gasteiger partial charge in [-0.3, -0.25) is 4.99 Å². The highest BCUT2D eigenvalue weighted by Gasteiger charge is 2.03. The molecule has 2 aromatic rings. The van der Waals surface area contributed by atoms with E-state index in [4.69, 9.17) is 0 Å². The van der Waals surface area contributed by atoms with Gasteiger partial charge in [0.25, 0.3) is 0 Å². The summed E-state index contributed by atoms with van der Waals surface area (Å²) in [6, 6.07) is 13.5. The zero-order valence-electron chi connectivity index (χ0n) is 14.7. The number of benzene rings is 2. The quantitative estimate of drug-likeness (QED) is 0.654. The molecular weight excluding hydrogens is 303 g/mol. The van der Waals surface area contributed by atoms with Gasteiger partial charge in [-0.1, -0.05) is 24.3 Å². The molecule has 0 saturated heterocycles. The number of hydrogen-bond donors (Lipinski definition) is 2. The lowest BCUT2D eigenvalue weighted by Gasteiger charge is -2.15. The summed E-state index contributed by atoms with van der Waals surface area (Å²) in [5.41, 5.74) is 4.02. The van der Waals surface area contributed by atoms with Crippen LogP contribution >= 0.6 is 0 Å². The first-order valence-electron chi connectivity index (χ1n) is 7.95. The van der Waals surface area contributed by atoms with Crippen LogP contribution in [-0.2, 0) is 13.1 Å². The van der Waals surface area contributed by atoms with Crippen LogP contribution < -0.4 is 15.5 Å². The average molecular weight is 328 g/mol. The van der Waals surface area contributed by atoms with Gasteiger partial charge in [0, 0.05) is 39.9 Å². The summed E-state index contributed by atoms with van der Waals surface area (Å²) in [4.78, 5) is 6.30. The maximum atomic E-state index is 13.3. The molecule has 2 aromatic carbocycles. The minimum atomic E-state index is -0.179. The molecule has 128 valence electrons. The van der Waals surface area contributed by atoms with E-state index in [-0.39, 0.29) is 5.82 Å². The van der Waals surface area contributed by atoms with E-state index >= 15 is 0 Å². The molecule has 0 aliphatic heterocycles. The molecule has 0 amide bonds. The predicted molar refractivity (Wildman–Crippen MR) is 98.9 cm³/mol. The number of guanidine groups is 1. The molecule has 24 heavy (non-hydrogen) atoms. The van der Waals surface area contributed by atoms with Crippen LogP contribution in [-0.4, -0.2) is 27.1 Å². The van der Waals surface area contributed by atoms with E-state index < -0.39 is 0 Å². The van der Waals surface area contributed by atoms with E-state index in [2.05, 4.69) is 38.7 Å². The molecule has 0 bridgehead atoms. The Bertz CT molecular complexity index is 710. The first-order chi connectivity index (χ1) is 11.5. The van der Waals surface area contributed by atoms with E-state index in [1.165, 1.54) is 17.3 Å². The second-order valence-electron chi connectivity index (χ2n) is 5.93. The predicted octanol–water partition coefficient (Wildman–Crippen LogP) is 3.07. The minimum Gasteiger partial charge on any atom is -0.378 e. The molecule has 0 heterocycles. The fourth-order valence-corrected chi connectivity index (χ4v) is 2.35. The molecule has 0 aliphatic carbocycles. The SMILES string of the molecule is CN=C(NCc1cccc(N(C)C)c1)NCc1ccc(F)c(C)c1. The normalized spacial score (nSPS) is 11.3. The third-order valence-corrected chi connectivity index (χ3v) is 3.79. The van der Waals surface area contributed by atoms with Gasteiger partial charge in [0.15, 0.2) is 5.96 Å². The van der Waals surface area contributed by atoms with Gasteiger partial charge in [-0.05, 0) is 41.8 Å². The third kappa shape index (κ3) is 4.98. The van der Waals surface area contributed by atoms with E-state index in [9.17, 15) is 4.39 Å². The summed E-state index contributed by atoms with van der Waals surface area (Å²) in [5.74, 6) is 0.536. The van der Waals surface area contributed by atoms with Crippen molar-refractivity contribution in [3.8, 4) is 0 Å². The van der Waals surface area contributed by atoms with Crippen molar-refractivity contribution in [2.45, 2.75) is 20.0 Å². The summed E-state index contributed by atoms with van der Waals surface area (Å²) in [6.45, 7) is 3.05. The molecule has 0 unspecified atom stereocenters. The summed E-state index contributed by atoms with van der Waals surface area (Å²) < 4.78 is 13.3. The van der Waals surface area contributed by atoms with Gasteiger partial charge in [-0.25, -0.2) is 4.39 Å². The summed E-state index contributed by atoms with van der Waals surface area (Å²) in [5, 5.41) is 6.54. The van der Waals surface area contributed by atoms with Gasteiger partial charge in [0.05, 0.1) is 0 Å². The highest BCUT2D eigenvalue weighted by Crippen LogP contribution is 2.13. The van der Waals surface area contributed by atoms with Crippen molar-refractivity contribution in [2.24, 2.45) is 4.99 Å². The van der Waals surface area contributed by atoms with E-state index in [0.717, 1.165) is 5.56 Å². The third-order valence-electron chi connectivity index (χ3n) is 3.79. The Labute approximate surface area is 143 Å². The fourth-order valence-electron chi connectivity index (χ4n) is 2.35. The molecule has 4 nitrogen and oxygen atoms in total. The maximum absolute atomic E-state index is 13.3. The van der Waals surface area contributed by atoms with Crippen LogP contribution in [0.5, 0.6) is 0 Å². The largest absolute Gasteiger partial charge is 0.378 e. The van der Waals surface area contributed by atoms with Crippen molar-refractivity contribution in [1.29, 1.82) is 0 Å². The monoisotopic (exact) mass is 328 g/mol. The molecule has 0 radical (unpaired) electrons.